The van der Waals surface area contributed by atoms with Crippen molar-refractivity contribution < 1.29 is 4.79 Å². The normalized spacial score (nSPS) is 14.1. The van der Waals surface area contributed by atoms with Crippen molar-refractivity contribution in [3.05, 3.63) is 52.7 Å². The molecule has 2 aromatic rings. The average Bonchev–Trinajstić information content (AvgIpc) is 2.71. The number of pyridine rings is 1. The molecule has 1 aromatic carbocycles. The molecule has 6 heteroatoms. The zero-order valence-electron chi connectivity index (χ0n) is 16.0. The summed E-state index contributed by atoms with van der Waals surface area (Å²) in [6, 6.07) is 12.5. The lowest BCUT2D eigenvalue weighted by atomic mass is 10.1. The molecule has 5 nitrogen and oxygen atoms in total. The van der Waals surface area contributed by atoms with Gasteiger partial charge in [-0.3, -0.25) is 4.79 Å². The summed E-state index contributed by atoms with van der Waals surface area (Å²) in [4.78, 5) is 21.4. The molecule has 140 valence electrons. The van der Waals surface area contributed by atoms with Crippen molar-refractivity contribution in [2.24, 2.45) is 0 Å². The van der Waals surface area contributed by atoms with E-state index in [0.717, 1.165) is 43.0 Å². The van der Waals surface area contributed by atoms with Crippen LogP contribution in [-0.4, -0.2) is 47.7 Å². The summed E-state index contributed by atoms with van der Waals surface area (Å²) in [6.45, 7) is 8.98. The van der Waals surface area contributed by atoms with E-state index in [1.807, 2.05) is 43.9 Å². The van der Waals surface area contributed by atoms with Crippen LogP contribution >= 0.6 is 11.8 Å². The third-order valence-electron chi connectivity index (χ3n) is 5.16. The highest BCUT2D eigenvalue weighted by atomic mass is 32.2. The Morgan fingerprint density at radius 1 is 1.11 bits per heavy atom. The van der Waals surface area contributed by atoms with Gasteiger partial charge in [-0.25, -0.2) is 4.98 Å². The summed E-state index contributed by atoms with van der Waals surface area (Å²) in [5.41, 5.74) is 4.70. The Bertz CT molecular complexity index is 868. The summed E-state index contributed by atoms with van der Waals surface area (Å²) in [5.74, 6) is 0.420. The van der Waals surface area contributed by atoms with Gasteiger partial charge in [-0.15, -0.1) is 0 Å². The minimum absolute atomic E-state index is 0.106. The molecule has 0 bridgehead atoms. The Morgan fingerprint density at radius 3 is 2.41 bits per heavy atom. The summed E-state index contributed by atoms with van der Waals surface area (Å²) in [5, 5.41) is 10.1. The monoisotopic (exact) mass is 380 g/mol. The minimum atomic E-state index is 0.106. The third-order valence-corrected chi connectivity index (χ3v) is 6.12. The summed E-state index contributed by atoms with van der Waals surface area (Å²) in [6.07, 6.45) is 0. The van der Waals surface area contributed by atoms with Gasteiger partial charge in [0.1, 0.15) is 11.1 Å². The Hall–Kier alpha value is -2.52. The van der Waals surface area contributed by atoms with Crippen LogP contribution in [0, 0.1) is 32.1 Å². The van der Waals surface area contributed by atoms with E-state index in [2.05, 4.69) is 28.1 Å². The van der Waals surface area contributed by atoms with Crippen LogP contribution in [0.5, 0.6) is 0 Å². The number of carbonyl (C=O) groups is 1. The molecule has 1 aliphatic rings. The van der Waals surface area contributed by atoms with E-state index >= 15 is 0 Å². The highest BCUT2D eigenvalue weighted by molar-refractivity contribution is 8.00. The maximum atomic E-state index is 12.6. The van der Waals surface area contributed by atoms with Gasteiger partial charge >= 0.3 is 0 Å². The number of thioether (sulfide) groups is 1. The highest BCUT2D eigenvalue weighted by Gasteiger charge is 2.22. The second kappa shape index (κ2) is 8.45. The quantitative estimate of drug-likeness (QED) is 0.762. The molecule has 1 fully saturated rings. The maximum absolute atomic E-state index is 12.6. The van der Waals surface area contributed by atoms with Crippen LogP contribution in [0.1, 0.15) is 22.4 Å². The molecule has 2 heterocycles. The molecule has 1 aliphatic heterocycles. The number of aromatic nitrogens is 1. The fourth-order valence-electron chi connectivity index (χ4n) is 3.22. The molecule has 1 amide bonds. The van der Waals surface area contributed by atoms with Crippen LogP contribution in [-0.2, 0) is 4.79 Å². The molecule has 1 aromatic heterocycles. The molecule has 3 rings (SSSR count). The van der Waals surface area contributed by atoms with Crippen LogP contribution in [0.2, 0.25) is 0 Å². The molecule has 0 atom stereocenters. The van der Waals surface area contributed by atoms with E-state index in [0.29, 0.717) is 16.3 Å². The fraction of sp³-hybridized carbons (Fsp3) is 0.381. The first kappa shape index (κ1) is 19.2. The first-order valence-corrected chi connectivity index (χ1v) is 10.1. The molecule has 0 N–H and O–H groups in total. The lowest BCUT2D eigenvalue weighted by Crippen LogP contribution is -2.49. The number of hydrogen-bond acceptors (Lipinski definition) is 5. The predicted molar refractivity (Wildman–Crippen MR) is 109 cm³/mol. The second-order valence-electron chi connectivity index (χ2n) is 6.73. The van der Waals surface area contributed by atoms with Crippen LogP contribution in [0.3, 0.4) is 0 Å². The van der Waals surface area contributed by atoms with Crippen molar-refractivity contribution in [3.63, 3.8) is 0 Å². The average molecular weight is 381 g/mol. The van der Waals surface area contributed by atoms with Gasteiger partial charge < -0.3 is 9.80 Å². The van der Waals surface area contributed by atoms with E-state index in [4.69, 9.17) is 0 Å². The Labute approximate surface area is 165 Å². The van der Waals surface area contributed by atoms with Crippen molar-refractivity contribution in [3.8, 4) is 6.07 Å². The van der Waals surface area contributed by atoms with Crippen molar-refractivity contribution in [1.29, 1.82) is 5.26 Å². The van der Waals surface area contributed by atoms with Gasteiger partial charge in [-0.05, 0) is 44.0 Å². The Morgan fingerprint density at radius 2 is 1.78 bits per heavy atom. The number of nitrogens with zero attached hydrogens (tertiary/aromatic N) is 4. The smallest absolute Gasteiger partial charge is 0.233 e. The first-order valence-electron chi connectivity index (χ1n) is 9.09. The lowest BCUT2D eigenvalue weighted by Gasteiger charge is -2.36. The molecule has 27 heavy (non-hydrogen) atoms. The number of carbonyl (C=O) groups excluding carboxylic acids is 1. The standard InChI is InChI=1S/C21H24N4OS/c1-15-16(2)19(13-22)21(23-17(15)3)27-14-20(26)25-11-9-24(10-12-25)18-7-5-4-6-8-18/h4-8H,9-12,14H2,1-3H3. The molecule has 1 saturated heterocycles. The topological polar surface area (TPSA) is 60.2 Å². The van der Waals surface area contributed by atoms with Crippen LogP contribution in [0.15, 0.2) is 35.4 Å². The number of amides is 1. The largest absolute Gasteiger partial charge is 0.368 e. The van der Waals surface area contributed by atoms with E-state index in [9.17, 15) is 10.1 Å². The van der Waals surface area contributed by atoms with Crippen LogP contribution < -0.4 is 4.90 Å². The van der Waals surface area contributed by atoms with E-state index in [1.54, 1.807) is 0 Å². The minimum Gasteiger partial charge on any atom is -0.368 e. The summed E-state index contributed by atoms with van der Waals surface area (Å²) >= 11 is 1.37. The number of aryl methyl sites for hydroxylation is 1. The molecular formula is C21H24N4OS. The van der Waals surface area contributed by atoms with E-state index in [1.165, 1.54) is 17.4 Å². The number of benzene rings is 1. The van der Waals surface area contributed by atoms with Gasteiger partial charge in [0.05, 0.1) is 11.3 Å². The summed E-state index contributed by atoms with van der Waals surface area (Å²) in [7, 11) is 0. The van der Waals surface area contributed by atoms with E-state index < -0.39 is 0 Å². The number of anilines is 1. The Kier molecular flexibility index (Phi) is 6.02. The van der Waals surface area contributed by atoms with Gasteiger partial charge in [0, 0.05) is 37.6 Å². The number of para-hydroxylation sites is 1. The lowest BCUT2D eigenvalue weighted by molar-refractivity contribution is -0.128. The number of piperazine rings is 1. The molecule has 0 unspecified atom stereocenters. The number of rotatable bonds is 4. The number of hydrogen-bond donors (Lipinski definition) is 0. The highest BCUT2D eigenvalue weighted by Crippen LogP contribution is 2.26. The molecule has 0 saturated carbocycles. The summed E-state index contributed by atoms with van der Waals surface area (Å²) < 4.78 is 0. The predicted octanol–water partition coefficient (Wildman–Crippen LogP) is 3.32. The Balaban J connectivity index is 1.59. The van der Waals surface area contributed by atoms with Crippen molar-refractivity contribution in [1.82, 2.24) is 9.88 Å². The van der Waals surface area contributed by atoms with E-state index in [-0.39, 0.29) is 5.91 Å². The van der Waals surface area contributed by atoms with Gasteiger partial charge in [0.25, 0.3) is 0 Å². The fourth-order valence-corrected chi connectivity index (χ4v) is 4.21. The molecular weight excluding hydrogens is 356 g/mol. The maximum Gasteiger partial charge on any atom is 0.233 e. The van der Waals surface area contributed by atoms with Crippen molar-refractivity contribution in [2.45, 2.75) is 25.8 Å². The third kappa shape index (κ3) is 4.25. The van der Waals surface area contributed by atoms with Crippen LogP contribution in [0.25, 0.3) is 0 Å². The second-order valence-corrected chi connectivity index (χ2v) is 7.70. The van der Waals surface area contributed by atoms with Gasteiger partial charge in [0.15, 0.2) is 0 Å². The zero-order chi connectivity index (χ0) is 19.4. The van der Waals surface area contributed by atoms with Gasteiger partial charge in [0.2, 0.25) is 5.91 Å². The van der Waals surface area contributed by atoms with Crippen LogP contribution in [0.4, 0.5) is 5.69 Å². The van der Waals surface area contributed by atoms with Gasteiger partial charge in [-0.1, -0.05) is 30.0 Å². The number of nitriles is 1. The zero-order valence-corrected chi connectivity index (χ0v) is 16.8. The molecule has 0 aliphatic carbocycles. The van der Waals surface area contributed by atoms with Crippen molar-refractivity contribution in [2.75, 3.05) is 36.8 Å². The molecule has 0 spiro atoms. The molecule has 0 radical (unpaired) electrons. The van der Waals surface area contributed by atoms with Crippen molar-refractivity contribution >= 4 is 23.4 Å². The van der Waals surface area contributed by atoms with Gasteiger partial charge in [-0.2, -0.15) is 5.26 Å². The first-order chi connectivity index (χ1) is 13.0. The SMILES string of the molecule is Cc1nc(SCC(=O)N2CCN(c3ccccc3)CC2)c(C#N)c(C)c1C.